The molecule has 0 aliphatic carbocycles. The van der Waals surface area contributed by atoms with Crippen molar-refractivity contribution < 1.29 is 0 Å². The SMILES string of the molecule is C[C@H]1CCCN(c2ccc([C@H](C)NC(=S)Nc3ccncc3)cc2)C1. The van der Waals surface area contributed by atoms with Gasteiger partial charge in [0.25, 0.3) is 0 Å². The van der Waals surface area contributed by atoms with Crippen LogP contribution >= 0.6 is 12.2 Å². The molecule has 25 heavy (non-hydrogen) atoms. The van der Waals surface area contributed by atoms with Crippen molar-refractivity contribution >= 4 is 28.7 Å². The van der Waals surface area contributed by atoms with Crippen LogP contribution in [-0.4, -0.2) is 23.2 Å². The zero-order valence-corrected chi connectivity index (χ0v) is 15.7. The topological polar surface area (TPSA) is 40.2 Å². The number of pyridine rings is 1. The number of aromatic nitrogens is 1. The molecule has 0 spiro atoms. The van der Waals surface area contributed by atoms with E-state index in [0.29, 0.717) is 5.11 Å². The lowest BCUT2D eigenvalue weighted by molar-refractivity contribution is 0.447. The van der Waals surface area contributed by atoms with E-state index in [0.717, 1.165) is 24.7 Å². The fourth-order valence-corrected chi connectivity index (χ4v) is 3.57. The number of thiocarbonyl (C=S) groups is 1. The molecular formula is C20H26N4S. The highest BCUT2D eigenvalue weighted by Crippen LogP contribution is 2.24. The highest BCUT2D eigenvalue weighted by molar-refractivity contribution is 7.80. The Bertz CT molecular complexity index is 687. The van der Waals surface area contributed by atoms with Gasteiger partial charge in [-0.3, -0.25) is 4.98 Å². The summed E-state index contributed by atoms with van der Waals surface area (Å²) in [6, 6.07) is 12.8. The van der Waals surface area contributed by atoms with Crippen molar-refractivity contribution in [1.82, 2.24) is 10.3 Å². The van der Waals surface area contributed by atoms with Crippen LogP contribution in [0.4, 0.5) is 11.4 Å². The van der Waals surface area contributed by atoms with Crippen molar-refractivity contribution in [2.75, 3.05) is 23.3 Å². The molecule has 132 valence electrons. The Labute approximate surface area is 155 Å². The van der Waals surface area contributed by atoms with Crippen LogP contribution in [0.2, 0.25) is 0 Å². The lowest BCUT2D eigenvalue weighted by Gasteiger charge is -2.33. The number of hydrogen-bond acceptors (Lipinski definition) is 3. The third-order valence-electron chi connectivity index (χ3n) is 4.70. The van der Waals surface area contributed by atoms with Crippen LogP contribution in [0.25, 0.3) is 0 Å². The van der Waals surface area contributed by atoms with Crippen molar-refractivity contribution in [3.05, 3.63) is 54.4 Å². The van der Waals surface area contributed by atoms with Crippen LogP contribution in [0.5, 0.6) is 0 Å². The first-order chi connectivity index (χ1) is 12.1. The second kappa shape index (κ2) is 8.30. The highest BCUT2D eigenvalue weighted by atomic mass is 32.1. The molecule has 1 saturated heterocycles. The minimum absolute atomic E-state index is 0.149. The van der Waals surface area contributed by atoms with Crippen LogP contribution in [0.15, 0.2) is 48.8 Å². The molecule has 1 aliphatic heterocycles. The molecule has 2 heterocycles. The van der Waals surface area contributed by atoms with Crippen LogP contribution in [0.1, 0.15) is 38.3 Å². The molecule has 0 bridgehead atoms. The average Bonchev–Trinajstić information content (AvgIpc) is 2.62. The molecule has 1 fully saturated rings. The van der Waals surface area contributed by atoms with Gasteiger partial charge in [0.1, 0.15) is 0 Å². The maximum absolute atomic E-state index is 5.40. The van der Waals surface area contributed by atoms with Crippen molar-refractivity contribution in [2.24, 2.45) is 5.92 Å². The second-order valence-corrected chi connectivity index (χ2v) is 7.25. The minimum atomic E-state index is 0.149. The summed E-state index contributed by atoms with van der Waals surface area (Å²) in [4.78, 5) is 6.50. The molecular weight excluding hydrogens is 328 g/mol. The van der Waals surface area contributed by atoms with E-state index in [1.807, 2.05) is 12.1 Å². The van der Waals surface area contributed by atoms with Gasteiger partial charge < -0.3 is 15.5 Å². The first-order valence-electron chi connectivity index (χ1n) is 8.94. The Hall–Kier alpha value is -2.14. The fraction of sp³-hybridized carbons (Fsp3) is 0.400. The fourth-order valence-electron chi connectivity index (χ4n) is 3.28. The monoisotopic (exact) mass is 354 g/mol. The summed E-state index contributed by atoms with van der Waals surface area (Å²) in [7, 11) is 0. The predicted octanol–water partition coefficient (Wildman–Crippen LogP) is 4.37. The number of nitrogens with zero attached hydrogens (tertiary/aromatic N) is 2. The quantitative estimate of drug-likeness (QED) is 0.798. The maximum Gasteiger partial charge on any atom is 0.171 e. The minimum Gasteiger partial charge on any atom is -0.371 e. The third-order valence-corrected chi connectivity index (χ3v) is 4.92. The standard InChI is InChI=1S/C20H26N4S/c1-15-4-3-13-24(14-15)19-7-5-17(6-8-19)16(2)22-20(25)23-18-9-11-21-12-10-18/h5-12,15-16H,3-4,13-14H2,1-2H3,(H2,21,22,23,25)/t15-,16-/m0/s1. The van der Waals surface area contributed by atoms with Gasteiger partial charge in [-0.1, -0.05) is 19.1 Å². The molecule has 0 amide bonds. The summed E-state index contributed by atoms with van der Waals surface area (Å²) in [6.45, 7) is 6.78. The third kappa shape index (κ3) is 4.92. The smallest absolute Gasteiger partial charge is 0.171 e. The van der Waals surface area contributed by atoms with Crippen LogP contribution < -0.4 is 15.5 Å². The van der Waals surface area contributed by atoms with Gasteiger partial charge in [-0.05, 0) is 67.7 Å². The zero-order valence-electron chi connectivity index (χ0n) is 14.9. The van der Waals surface area contributed by atoms with Gasteiger partial charge in [-0.25, -0.2) is 0 Å². The van der Waals surface area contributed by atoms with E-state index in [1.54, 1.807) is 12.4 Å². The lowest BCUT2D eigenvalue weighted by Crippen LogP contribution is -2.34. The van der Waals surface area contributed by atoms with Crippen molar-refractivity contribution in [3.8, 4) is 0 Å². The van der Waals surface area contributed by atoms with E-state index < -0.39 is 0 Å². The van der Waals surface area contributed by atoms with Gasteiger partial charge in [0.05, 0.1) is 6.04 Å². The predicted molar refractivity (Wildman–Crippen MR) is 109 cm³/mol. The summed E-state index contributed by atoms with van der Waals surface area (Å²) in [5, 5.41) is 7.14. The number of piperidine rings is 1. The summed E-state index contributed by atoms with van der Waals surface area (Å²) in [5.41, 5.74) is 3.49. The molecule has 1 aromatic heterocycles. The molecule has 2 atom stereocenters. The highest BCUT2D eigenvalue weighted by Gasteiger charge is 2.16. The Morgan fingerprint density at radius 2 is 1.92 bits per heavy atom. The Morgan fingerprint density at radius 1 is 1.20 bits per heavy atom. The molecule has 0 saturated carbocycles. The van der Waals surface area contributed by atoms with Gasteiger partial charge in [-0.2, -0.15) is 0 Å². The van der Waals surface area contributed by atoms with Gasteiger partial charge in [0.2, 0.25) is 0 Å². The molecule has 5 heteroatoms. The summed E-state index contributed by atoms with van der Waals surface area (Å²) < 4.78 is 0. The number of anilines is 2. The van der Waals surface area contributed by atoms with Crippen LogP contribution in [0, 0.1) is 5.92 Å². The van der Waals surface area contributed by atoms with E-state index in [-0.39, 0.29) is 6.04 Å². The van der Waals surface area contributed by atoms with Crippen LogP contribution in [-0.2, 0) is 0 Å². The maximum atomic E-state index is 5.40. The number of rotatable bonds is 4. The number of benzene rings is 1. The van der Waals surface area contributed by atoms with E-state index in [2.05, 4.69) is 58.6 Å². The summed E-state index contributed by atoms with van der Waals surface area (Å²) >= 11 is 5.40. The number of hydrogen-bond donors (Lipinski definition) is 2. The van der Waals surface area contributed by atoms with Crippen LogP contribution in [0.3, 0.4) is 0 Å². The summed E-state index contributed by atoms with van der Waals surface area (Å²) in [5.74, 6) is 0.783. The molecule has 2 aromatic rings. The van der Waals surface area contributed by atoms with Gasteiger partial charge in [-0.15, -0.1) is 0 Å². The van der Waals surface area contributed by atoms with E-state index in [4.69, 9.17) is 12.2 Å². The van der Waals surface area contributed by atoms with Gasteiger partial charge in [0, 0.05) is 36.9 Å². The van der Waals surface area contributed by atoms with Crippen molar-refractivity contribution in [1.29, 1.82) is 0 Å². The Balaban J connectivity index is 1.57. The average molecular weight is 355 g/mol. The van der Waals surface area contributed by atoms with Crippen molar-refractivity contribution in [2.45, 2.75) is 32.7 Å². The van der Waals surface area contributed by atoms with E-state index >= 15 is 0 Å². The zero-order chi connectivity index (χ0) is 17.6. The lowest BCUT2D eigenvalue weighted by atomic mass is 9.99. The molecule has 2 N–H and O–H groups in total. The van der Waals surface area contributed by atoms with Crippen molar-refractivity contribution in [3.63, 3.8) is 0 Å². The first-order valence-corrected chi connectivity index (χ1v) is 9.35. The molecule has 1 aromatic carbocycles. The second-order valence-electron chi connectivity index (χ2n) is 6.84. The summed E-state index contributed by atoms with van der Waals surface area (Å²) in [6.07, 6.45) is 6.12. The van der Waals surface area contributed by atoms with Gasteiger partial charge >= 0.3 is 0 Å². The Kier molecular flexibility index (Phi) is 5.87. The molecule has 3 rings (SSSR count). The molecule has 0 radical (unpaired) electrons. The molecule has 4 nitrogen and oxygen atoms in total. The largest absolute Gasteiger partial charge is 0.371 e. The molecule has 0 unspecified atom stereocenters. The Morgan fingerprint density at radius 3 is 2.60 bits per heavy atom. The van der Waals surface area contributed by atoms with E-state index in [1.165, 1.54) is 24.1 Å². The first kappa shape index (κ1) is 17.7. The van der Waals surface area contributed by atoms with Gasteiger partial charge in [0.15, 0.2) is 5.11 Å². The molecule has 1 aliphatic rings. The number of nitrogens with one attached hydrogen (secondary N) is 2. The normalized spacial score (nSPS) is 18.5. The van der Waals surface area contributed by atoms with E-state index in [9.17, 15) is 0 Å².